The van der Waals surface area contributed by atoms with Crippen molar-refractivity contribution < 1.29 is 4.39 Å². The van der Waals surface area contributed by atoms with Crippen LogP contribution < -0.4 is 10.6 Å². The Kier molecular flexibility index (Phi) is 3.57. The molecule has 1 aromatic heterocycles. The monoisotopic (exact) mass is 264 g/mol. The van der Waals surface area contributed by atoms with Gasteiger partial charge in [-0.2, -0.15) is 5.10 Å². The number of thiocarbonyl (C=S) groups is 1. The molecule has 94 valence electrons. The van der Waals surface area contributed by atoms with E-state index < -0.39 is 0 Å². The maximum Gasteiger partial charge on any atom is 0.175 e. The second kappa shape index (κ2) is 5.14. The Morgan fingerprint density at radius 2 is 2.17 bits per heavy atom. The number of benzene rings is 1. The quantitative estimate of drug-likeness (QED) is 0.818. The fraction of sp³-hybridized carbons (Fsp3) is 0.167. The van der Waals surface area contributed by atoms with Crippen LogP contribution in [0.3, 0.4) is 0 Å². The van der Waals surface area contributed by atoms with Crippen LogP contribution in [0.2, 0.25) is 0 Å². The first-order valence-electron chi connectivity index (χ1n) is 5.38. The van der Waals surface area contributed by atoms with Gasteiger partial charge in [0.05, 0.1) is 17.6 Å². The van der Waals surface area contributed by atoms with Crippen LogP contribution in [-0.2, 0) is 7.05 Å². The lowest BCUT2D eigenvalue weighted by Gasteiger charge is -2.09. The van der Waals surface area contributed by atoms with Crippen LogP contribution in [0.5, 0.6) is 0 Å². The van der Waals surface area contributed by atoms with Crippen LogP contribution in [0.1, 0.15) is 5.69 Å². The van der Waals surface area contributed by atoms with Gasteiger partial charge in [0.25, 0.3) is 0 Å². The Labute approximate surface area is 110 Å². The summed E-state index contributed by atoms with van der Waals surface area (Å²) >= 11 is 5.15. The standard InChI is InChI=1S/C12H13FN4S/c1-8-11(7-14-17(8)2)16-12(18)15-10-5-3-4-9(13)6-10/h3-7H,1-2H3,(H2,15,16,18). The molecule has 0 aliphatic carbocycles. The lowest BCUT2D eigenvalue weighted by atomic mass is 10.3. The molecule has 4 nitrogen and oxygen atoms in total. The second-order valence-electron chi connectivity index (χ2n) is 3.86. The number of aromatic nitrogens is 2. The lowest BCUT2D eigenvalue weighted by Crippen LogP contribution is -2.19. The van der Waals surface area contributed by atoms with Crippen molar-refractivity contribution in [2.75, 3.05) is 10.6 Å². The fourth-order valence-electron chi connectivity index (χ4n) is 1.47. The molecule has 2 N–H and O–H groups in total. The molecule has 0 atom stereocenters. The molecule has 0 fully saturated rings. The minimum atomic E-state index is -0.305. The predicted molar refractivity (Wildman–Crippen MR) is 74.2 cm³/mol. The Balaban J connectivity index is 2.03. The van der Waals surface area contributed by atoms with Gasteiger partial charge in [0, 0.05) is 12.7 Å². The van der Waals surface area contributed by atoms with Crippen molar-refractivity contribution in [3.8, 4) is 0 Å². The van der Waals surface area contributed by atoms with Crippen LogP contribution in [0.4, 0.5) is 15.8 Å². The summed E-state index contributed by atoms with van der Waals surface area (Å²) < 4.78 is 14.7. The molecule has 0 saturated carbocycles. The van der Waals surface area contributed by atoms with E-state index in [0.29, 0.717) is 10.8 Å². The molecular formula is C12H13FN4S. The minimum Gasteiger partial charge on any atom is -0.332 e. The molecule has 18 heavy (non-hydrogen) atoms. The van der Waals surface area contributed by atoms with Gasteiger partial charge in [0.1, 0.15) is 5.82 Å². The smallest absolute Gasteiger partial charge is 0.175 e. The lowest BCUT2D eigenvalue weighted by molar-refractivity contribution is 0.628. The predicted octanol–water partition coefficient (Wildman–Crippen LogP) is 2.68. The van der Waals surface area contributed by atoms with E-state index in [0.717, 1.165) is 11.4 Å². The number of hydrogen-bond acceptors (Lipinski definition) is 2. The van der Waals surface area contributed by atoms with Crippen molar-refractivity contribution in [2.24, 2.45) is 7.05 Å². The Morgan fingerprint density at radius 1 is 1.39 bits per heavy atom. The molecule has 0 bridgehead atoms. The van der Waals surface area contributed by atoms with Gasteiger partial charge in [-0.25, -0.2) is 4.39 Å². The number of hydrogen-bond donors (Lipinski definition) is 2. The SMILES string of the molecule is Cc1c(NC(=S)Nc2cccc(F)c2)cnn1C. The van der Waals surface area contributed by atoms with Gasteiger partial charge in [0.2, 0.25) is 0 Å². The summed E-state index contributed by atoms with van der Waals surface area (Å²) in [5, 5.41) is 10.4. The molecule has 0 aliphatic heterocycles. The fourth-order valence-corrected chi connectivity index (χ4v) is 1.70. The van der Waals surface area contributed by atoms with Crippen molar-refractivity contribution in [3.63, 3.8) is 0 Å². The maximum atomic E-state index is 13.0. The zero-order chi connectivity index (χ0) is 13.1. The summed E-state index contributed by atoms with van der Waals surface area (Å²) in [5.74, 6) is -0.305. The van der Waals surface area contributed by atoms with Crippen molar-refractivity contribution in [1.29, 1.82) is 0 Å². The normalized spacial score (nSPS) is 10.2. The first-order chi connectivity index (χ1) is 8.56. The number of nitrogens with zero attached hydrogens (tertiary/aromatic N) is 2. The van der Waals surface area contributed by atoms with E-state index in [2.05, 4.69) is 15.7 Å². The summed E-state index contributed by atoms with van der Waals surface area (Å²) in [6.45, 7) is 1.93. The molecule has 1 heterocycles. The van der Waals surface area contributed by atoms with Crippen molar-refractivity contribution in [1.82, 2.24) is 9.78 Å². The van der Waals surface area contributed by atoms with Gasteiger partial charge < -0.3 is 10.6 Å². The molecule has 6 heteroatoms. The van der Waals surface area contributed by atoms with E-state index in [1.165, 1.54) is 12.1 Å². The van der Waals surface area contributed by atoms with Gasteiger partial charge >= 0.3 is 0 Å². The van der Waals surface area contributed by atoms with Crippen molar-refractivity contribution in [3.05, 3.63) is 42.0 Å². The molecular weight excluding hydrogens is 251 g/mol. The summed E-state index contributed by atoms with van der Waals surface area (Å²) in [7, 11) is 1.85. The molecule has 0 aliphatic rings. The Morgan fingerprint density at radius 3 is 2.78 bits per heavy atom. The topological polar surface area (TPSA) is 41.9 Å². The van der Waals surface area contributed by atoms with Gasteiger partial charge in [-0.1, -0.05) is 6.07 Å². The maximum absolute atomic E-state index is 13.0. The van der Waals surface area contributed by atoms with Crippen molar-refractivity contribution >= 4 is 28.7 Å². The van der Waals surface area contributed by atoms with E-state index >= 15 is 0 Å². The summed E-state index contributed by atoms with van der Waals surface area (Å²) in [5.41, 5.74) is 2.40. The highest BCUT2D eigenvalue weighted by atomic mass is 32.1. The van der Waals surface area contributed by atoms with Gasteiger partial charge in [-0.3, -0.25) is 4.68 Å². The molecule has 2 aromatic rings. The zero-order valence-corrected chi connectivity index (χ0v) is 10.9. The number of anilines is 2. The number of rotatable bonds is 2. The van der Waals surface area contributed by atoms with Crippen LogP contribution in [0.25, 0.3) is 0 Å². The van der Waals surface area contributed by atoms with E-state index in [4.69, 9.17) is 12.2 Å². The summed E-state index contributed by atoms with van der Waals surface area (Å²) in [6.07, 6.45) is 1.69. The van der Waals surface area contributed by atoms with E-state index in [-0.39, 0.29) is 5.82 Å². The Bertz CT molecular complexity index is 579. The molecule has 0 spiro atoms. The van der Waals surface area contributed by atoms with Crippen LogP contribution >= 0.6 is 12.2 Å². The molecule has 2 rings (SSSR count). The highest BCUT2D eigenvalue weighted by molar-refractivity contribution is 7.80. The van der Waals surface area contributed by atoms with Crippen LogP contribution in [0.15, 0.2) is 30.5 Å². The third kappa shape index (κ3) is 2.84. The molecule has 0 unspecified atom stereocenters. The van der Waals surface area contributed by atoms with Gasteiger partial charge in [-0.05, 0) is 37.3 Å². The zero-order valence-electron chi connectivity index (χ0n) is 10.1. The van der Waals surface area contributed by atoms with Crippen molar-refractivity contribution in [2.45, 2.75) is 6.92 Å². The number of aryl methyl sites for hydroxylation is 1. The largest absolute Gasteiger partial charge is 0.332 e. The molecule has 0 radical (unpaired) electrons. The van der Waals surface area contributed by atoms with Crippen LogP contribution in [-0.4, -0.2) is 14.9 Å². The van der Waals surface area contributed by atoms with Crippen LogP contribution in [0, 0.1) is 12.7 Å². The number of nitrogens with one attached hydrogen (secondary N) is 2. The molecule has 0 amide bonds. The summed E-state index contributed by atoms with van der Waals surface area (Å²) in [6, 6.07) is 6.12. The third-order valence-electron chi connectivity index (χ3n) is 2.57. The average molecular weight is 264 g/mol. The summed E-state index contributed by atoms with van der Waals surface area (Å²) in [4.78, 5) is 0. The van der Waals surface area contributed by atoms with E-state index in [1.54, 1.807) is 23.0 Å². The first-order valence-corrected chi connectivity index (χ1v) is 5.79. The highest BCUT2D eigenvalue weighted by Gasteiger charge is 2.05. The van der Waals surface area contributed by atoms with Gasteiger partial charge in [0.15, 0.2) is 5.11 Å². The van der Waals surface area contributed by atoms with E-state index in [9.17, 15) is 4.39 Å². The molecule has 1 aromatic carbocycles. The minimum absolute atomic E-state index is 0.305. The number of halogens is 1. The second-order valence-corrected chi connectivity index (χ2v) is 4.26. The van der Waals surface area contributed by atoms with E-state index in [1.807, 2.05) is 14.0 Å². The Hall–Kier alpha value is -1.95. The van der Waals surface area contributed by atoms with Gasteiger partial charge in [-0.15, -0.1) is 0 Å². The average Bonchev–Trinajstić information content (AvgIpc) is 2.61. The first kappa shape index (κ1) is 12.5. The molecule has 0 saturated heterocycles. The third-order valence-corrected chi connectivity index (χ3v) is 2.77. The highest BCUT2D eigenvalue weighted by Crippen LogP contribution is 2.14.